The van der Waals surface area contributed by atoms with Crippen LogP contribution in [0.5, 0.6) is 0 Å². The number of hydrogen-bond donors (Lipinski definition) is 1. The van der Waals surface area contributed by atoms with Gasteiger partial charge in [-0.25, -0.2) is 0 Å². The molecule has 0 aromatic heterocycles. The van der Waals surface area contributed by atoms with Gasteiger partial charge in [-0.3, -0.25) is 9.69 Å². The maximum Gasteiger partial charge on any atom is 0.404 e. The number of halogens is 3. The summed E-state index contributed by atoms with van der Waals surface area (Å²) in [6.07, 6.45) is -2.58. The average Bonchev–Trinajstić information content (AvgIpc) is 3.05. The third kappa shape index (κ3) is 2.34. The van der Waals surface area contributed by atoms with Crippen molar-refractivity contribution in [3.63, 3.8) is 0 Å². The minimum absolute atomic E-state index is 0.146. The number of hydrogen-bond acceptors (Lipinski definition) is 3. The predicted molar refractivity (Wildman–Crippen MR) is 71.7 cm³/mol. The van der Waals surface area contributed by atoms with Crippen molar-refractivity contribution in [1.82, 2.24) is 15.1 Å². The molecule has 3 rings (SSSR count). The Kier molecular flexibility index (Phi) is 3.68. The van der Waals surface area contributed by atoms with E-state index >= 15 is 0 Å². The number of fused-ring (bicyclic) bond motifs is 1. The molecule has 1 amide bonds. The summed E-state index contributed by atoms with van der Waals surface area (Å²) in [4.78, 5) is 16.5. The second-order valence-electron chi connectivity index (χ2n) is 6.60. The molecule has 3 saturated heterocycles. The van der Waals surface area contributed by atoms with Crippen molar-refractivity contribution >= 4 is 5.91 Å². The van der Waals surface area contributed by atoms with Crippen molar-refractivity contribution in [3.8, 4) is 0 Å². The van der Waals surface area contributed by atoms with Crippen LogP contribution in [0.15, 0.2) is 0 Å². The highest BCUT2D eigenvalue weighted by molar-refractivity contribution is 5.85. The van der Waals surface area contributed by atoms with Crippen LogP contribution >= 0.6 is 0 Å². The van der Waals surface area contributed by atoms with Crippen LogP contribution in [0.25, 0.3) is 0 Å². The van der Waals surface area contributed by atoms with Crippen LogP contribution in [0.3, 0.4) is 0 Å². The van der Waals surface area contributed by atoms with Gasteiger partial charge in [0.05, 0.1) is 0 Å². The number of piperazine rings is 1. The zero-order valence-electron chi connectivity index (χ0n) is 12.2. The molecule has 0 saturated carbocycles. The first-order valence-electron chi connectivity index (χ1n) is 7.68. The molecule has 7 heteroatoms. The van der Waals surface area contributed by atoms with E-state index in [0.29, 0.717) is 13.1 Å². The van der Waals surface area contributed by atoms with Gasteiger partial charge in [-0.05, 0) is 39.3 Å². The van der Waals surface area contributed by atoms with E-state index in [-0.39, 0.29) is 31.6 Å². The molecule has 120 valence electrons. The molecule has 3 aliphatic rings. The second-order valence-corrected chi connectivity index (χ2v) is 6.60. The van der Waals surface area contributed by atoms with Gasteiger partial charge in [0.1, 0.15) is 0 Å². The largest absolute Gasteiger partial charge is 0.404 e. The molecule has 0 radical (unpaired) electrons. The van der Waals surface area contributed by atoms with Crippen LogP contribution in [0.4, 0.5) is 13.2 Å². The predicted octanol–water partition coefficient (Wildman–Crippen LogP) is 1.22. The fourth-order valence-electron chi connectivity index (χ4n) is 3.98. The Hall–Kier alpha value is -0.820. The van der Waals surface area contributed by atoms with Crippen LogP contribution < -0.4 is 5.32 Å². The molecule has 21 heavy (non-hydrogen) atoms. The van der Waals surface area contributed by atoms with Crippen LogP contribution in [0, 0.1) is 5.41 Å². The molecule has 3 atom stereocenters. The highest BCUT2D eigenvalue weighted by Gasteiger charge is 2.63. The number of carbonyl (C=O) groups is 1. The number of nitrogens with one attached hydrogen (secondary N) is 1. The third-order valence-corrected chi connectivity index (χ3v) is 5.31. The average molecular weight is 305 g/mol. The molecular weight excluding hydrogens is 283 g/mol. The van der Waals surface area contributed by atoms with Gasteiger partial charge in [0.25, 0.3) is 0 Å². The molecule has 3 aliphatic heterocycles. The summed E-state index contributed by atoms with van der Waals surface area (Å²) in [5.74, 6) is -0.723. The minimum Gasteiger partial charge on any atom is -0.336 e. The zero-order valence-corrected chi connectivity index (χ0v) is 12.2. The van der Waals surface area contributed by atoms with Crippen molar-refractivity contribution < 1.29 is 18.0 Å². The lowest BCUT2D eigenvalue weighted by atomic mass is 9.83. The minimum atomic E-state index is -4.49. The summed E-state index contributed by atoms with van der Waals surface area (Å²) in [6, 6.07) is 0.0940. The van der Waals surface area contributed by atoms with Crippen molar-refractivity contribution in [1.29, 1.82) is 0 Å². The summed E-state index contributed by atoms with van der Waals surface area (Å²) in [5, 5.41) is 2.72. The van der Waals surface area contributed by atoms with E-state index in [1.807, 2.05) is 6.92 Å². The first-order chi connectivity index (χ1) is 9.85. The topological polar surface area (TPSA) is 35.6 Å². The molecule has 1 N–H and O–H groups in total. The molecule has 3 heterocycles. The van der Waals surface area contributed by atoms with Crippen LogP contribution in [-0.2, 0) is 4.79 Å². The molecule has 4 nitrogen and oxygen atoms in total. The maximum absolute atomic E-state index is 13.5. The van der Waals surface area contributed by atoms with Gasteiger partial charge < -0.3 is 10.2 Å². The van der Waals surface area contributed by atoms with Gasteiger partial charge in [0.2, 0.25) is 5.91 Å². The summed E-state index contributed by atoms with van der Waals surface area (Å²) in [7, 11) is 0. The van der Waals surface area contributed by atoms with E-state index in [9.17, 15) is 18.0 Å². The lowest BCUT2D eigenvalue weighted by Gasteiger charge is -2.45. The maximum atomic E-state index is 13.5. The number of nitrogens with zero attached hydrogens (tertiary/aromatic N) is 2. The summed E-state index contributed by atoms with van der Waals surface area (Å²) in [5.41, 5.74) is -2.22. The molecule has 3 unspecified atom stereocenters. The standard InChI is InChI=1S/C14H22F3N3O/c1-10-7-19-6-2-3-11(19)8-20(10)12(21)13(14(15,16)17)4-5-18-9-13/h10-11,18H,2-9H2,1H3. The Labute approximate surface area is 122 Å². The van der Waals surface area contributed by atoms with Gasteiger partial charge in [-0.2, -0.15) is 13.2 Å². The Morgan fingerprint density at radius 2 is 2.10 bits per heavy atom. The Balaban J connectivity index is 1.83. The lowest BCUT2D eigenvalue weighted by molar-refractivity contribution is -0.224. The molecule has 0 bridgehead atoms. The quantitative estimate of drug-likeness (QED) is 0.791. The van der Waals surface area contributed by atoms with E-state index in [1.165, 1.54) is 4.90 Å². The molecule has 0 aromatic carbocycles. The number of alkyl halides is 3. The molecular formula is C14H22F3N3O. The fraction of sp³-hybridized carbons (Fsp3) is 0.929. The van der Waals surface area contributed by atoms with E-state index in [0.717, 1.165) is 19.4 Å². The SMILES string of the molecule is CC1CN2CCCC2CN1C(=O)C1(C(F)(F)F)CCNC1. The van der Waals surface area contributed by atoms with Gasteiger partial charge in [-0.15, -0.1) is 0 Å². The Morgan fingerprint density at radius 3 is 2.71 bits per heavy atom. The third-order valence-electron chi connectivity index (χ3n) is 5.31. The van der Waals surface area contributed by atoms with Gasteiger partial charge in [0.15, 0.2) is 5.41 Å². The zero-order chi connectivity index (χ0) is 15.3. The van der Waals surface area contributed by atoms with E-state index < -0.39 is 17.5 Å². The molecule has 0 aromatic rings. The van der Waals surface area contributed by atoms with Crippen molar-refractivity contribution in [2.45, 2.75) is 44.4 Å². The van der Waals surface area contributed by atoms with Crippen LogP contribution in [-0.4, -0.2) is 66.7 Å². The molecule has 0 aliphatic carbocycles. The van der Waals surface area contributed by atoms with Gasteiger partial charge >= 0.3 is 6.18 Å². The highest BCUT2D eigenvalue weighted by atomic mass is 19.4. The monoisotopic (exact) mass is 305 g/mol. The fourth-order valence-corrected chi connectivity index (χ4v) is 3.98. The smallest absolute Gasteiger partial charge is 0.336 e. The number of carbonyl (C=O) groups excluding carboxylic acids is 1. The first-order valence-corrected chi connectivity index (χ1v) is 7.68. The van der Waals surface area contributed by atoms with Crippen LogP contribution in [0.1, 0.15) is 26.2 Å². The van der Waals surface area contributed by atoms with E-state index in [4.69, 9.17) is 0 Å². The second kappa shape index (κ2) is 5.12. The Morgan fingerprint density at radius 1 is 1.33 bits per heavy atom. The first kappa shape index (κ1) is 15.1. The van der Waals surface area contributed by atoms with Crippen molar-refractivity contribution in [3.05, 3.63) is 0 Å². The van der Waals surface area contributed by atoms with Crippen LogP contribution in [0.2, 0.25) is 0 Å². The van der Waals surface area contributed by atoms with E-state index in [2.05, 4.69) is 10.2 Å². The normalized spacial score (nSPS) is 37.8. The lowest BCUT2D eigenvalue weighted by Crippen LogP contribution is -2.62. The molecule has 3 fully saturated rings. The molecule has 0 spiro atoms. The number of rotatable bonds is 1. The van der Waals surface area contributed by atoms with Gasteiger partial charge in [-0.1, -0.05) is 0 Å². The summed E-state index contributed by atoms with van der Waals surface area (Å²) >= 11 is 0. The summed E-state index contributed by atoms with van der Waals surface area (Å²) < 4.78 is 40.6. The van der Waals surface area contributed by atoms with Crippen molar-refractivity contribution in [2.75, 3.05) is 32.7 Å². The van der Waals surface area contributed by atoms with Gasteiger partial charge in [0, 0.05) is 31.7 Å². The highest BCUT2D eigenvalue weighted by Crippen LogP contribution is 2.45. The Bertz CT molecular complexity index is 420. The van der Waals surface area contributed by atoms with E-state index in [1.54, 1.807) is 0 Å². The summed E-state index contributed by atoms with van der Waals surface area (Å²) in [6.45, 7) is 3.97. The number of amides is 1. The van der Waals surface area contributed by atoms with Crippen molar-refractivity contribution in [2.24, 2.45) is 5.41 Å².